The average Bonchev–Trinajstić information content (AvgIpc) is 2.67. The predicted octanol–water partition coefficient (Wildman–Crippen LogP) is 3.74. The molecule has 2 heterocycles. The van der Waals surface area contributed by atoms with Gasteiger partial charge in [-0.15, -0.1) is 0 Å². The van der Waals surface area contributed by atoms with Gasteiger partial charge in [-0.05, 0) is 43.1 Å². The molecule has 0 spiro atoms. The molecular weight excluding hydrogens is 376 g/mol. The molecule has 2 aromatic rings. The Balaban J connectivity index is 1.68. The predicted molar refractivity (Wildman–Crippen MR) is 96.7 cm³/mol. The number of ether oxygens (including phenoxy) is 1. The van der Waals surface area contributed by atoms with Gasteiger partial charge in [-0.2, -0.15) is 13.2 Å². The van der Waals surface area contributed by atoms with Crippen LogP contribution in [0.4, 0.5) is 23.5 Å². The summed E-state index contributed by atoms with van der Waals surface area (Å²) in [5.74, 6) is -0.165. The summed E-state index contributed by atoms with van der Waals surface area (Å²) in [6.45, 7) is 2.01. The van der Waals surface area contributed by atoms with E-state index in [1.54, 1.807) is 18.0 Å². The van der Waals surface area contributed by atoms with Crippen LogP contribution in [0.1, 0.15) is 24.1 Å². The largest absolute Gasteiger partial charge is 0.494 e. The molecule has 0 radical (unpaired) electrons. The summed E-state index contributed by atoms with van der Waals surface area (Å²) in [7, 11) is 3.12. The van der Waals surface area contributed by atoms with Gasteiger partial charge in [0.25, 0.3) is 0 Å². The molecule has 0 amide bonds. The quantitative estimate of drug-likeness (QED) is 0.718. The summed E-state index contributed by atoms with van der Waals surface area (Å²) >= 11 is 0. The van der Waals surface area contributed by atoms with Crippen molar-refractivity contribution in [2.75, 3.05) is 32.1 Å². The van der Waals surface area contributed by atoms with Gasteiger partial charge in [0.2, 0.25) is 5.95 Å². The van der Waals surface area contributed by atoms with Gasteiger partial charge in [0.15, 0.2) is 11.6 Å². The maximum absolute atomic E-state index is 13.9. The molecule has 1 unspecified atom stereocenters. The van der Waals surface area contributed by atoms with E-state index in [2.05, 4.69) is 14.9 Å². The van der Waals surface area contributed by atoms with Gasteiger partial charge in [-0.3, -0.25) is 4.90 Å². The van der Waals surface area contributed by atoms with Crippen molar-refractivity contribution in [2.24, 2.45) is 0 Å². The molecule has 152 valence electrons. The number of piperidine rings is 1. The molecule has 9 heteroatoms. The van der Waals surface area contributed by atoms with Gasteiger partial charge >= 0.3 is 6.18 Å². The van der Waals surface area contributed by atoms with E-state index in [-0.39, 0.29) is 17.7 Å². The minimum absolute atomic E-state index is 0.0275. The number of methoxy groups -OCH3 is 1. The number of likely N-dealkylation sites (N-methyl/N-ethyl adjacent to an activating group) is 1. The van der Waals surface area contributed by atoms with Crippen LogP contribution in [-0.4, -0.2) is 48.2 Å². The minimum Gasteiger partial charge on any atom is -0.494 e. The van der Waals surface area contributed by atoms with Crippen molar-refractivity contribution >= 4 is 5.95 Å². The van der Waals surface area contributed by atoms with Crippen LogP contribution in [0.2, 0.25) is 0 Å². The van der Waals surface area contributed by atoms with Crippen molar-refractivity contribution in [1.29, 1.82) is 0 Å². The molecule has 1 aromatic heterocycles. The third-order valence-electron chi connectivity index (χ3n) is 4.90. The molecule has 5 nitrogen and oxygen atoms in total. The molecule has 1 aliphatic rings. The van der Waals surface area contributed by atoms with Gasteiger partial charge < -0.3 is 9.64 Å². The van der Waals surface area contributed by atoms with Crippen molar-refractivity contribution in [1.82, 2.24) is 14.9 Å². The highest BCUT2D eigenvalue weighted by Crippen LogP contribution is 2.29. The van der Waals surface area contributed by atoms with Crippen LogP contribution >= 0.6 is 0 Å². The summed E-state index contributed by atoms with van der Waals surface area (Å²) < 4.78 is 57.6. The van der Waals surface area contributed by atoms with E-state index >= 15 is 0 Å². The summed E-state index contributed by atoms with van der Waals surface area (Å²) in [6, 6.07) is 5.69. The zero-order chi connectivity index (χ0) is 20.3. The van der Waals surface area contributed by atoms with Crippen LogP contribution in [-0.2, 0) is 12.7 Å². The number of aromatic nitrogens is 2. The number of alkyl halides is 3. The zero-order valence-electron chi connectivity index (χ0n) is 15.7. The molecule has 3 rings (SSSR count). The third kappa shape index (κ3) is 4.70. The first kappa shape index (κ1) is 20.3. The van der Waals surface area contributed by atoms with Gasteiger partial charge in [-0.25, -0.2) is 14.4 Å². The second kappa shape index (κ2) is 8.30. The first-order chi connectivity index (χ1) is 13.3. The van der Waals surface area contributed by atoms with Crippen molar-refractivity contribution in [3.63, 3.8) is 0 Å². The molecule has 1 fully saturated rings. The van der Waals surface area contributed by atoms with Crippen molar-refractivity contribution in [3.05, 3.63) is 47.5 Å². The lowest BCUT2D eigenvalue weighted by atomic mass is 10.0. The highest BCUT2D eigenvalue weighted by Gasteiger charge is 2.34. The van der Waals surface area contributed by atoms with E-state index in [4.69, 9.17) is 4.74 Å². The highest BCUT2D eigenvalue weighted by molar-refractivity contribution is 5.32. The maximum Gasteiger partial charge on any atom is 0.433 e. The Bertz CT molecular complexity index is 815. The summed E-state index contributed by atoms with van der Waals surface area (Å²) in [5.41, 5.74) is -0.136. The number of nitrogens with zero attached hydrogens (tertiary/aromatic N) is 4. The lowest BCUT2D eigenvalue weighted by molar-refractivity contribution is -0.141. The van der Waals surface area contributed by atoms with Crippen LogP contribution in [0, 0.1) is 5.82 Å². The van der Waals surface area contributed by atoms with Crippen molar-refractivity contribution < 1.29 is 22.3 Å². The first-order valence-electron chi connectivity index (χ1n) is 8.96. The monoisotopic (exact) mass is 398 g/mol. The van der Waals surface area contributed by atoms with E-state index < -0.39 is 17.7 Å². The number of anilines is 1. The van der Waals surface area contributed by atoms with Gasteiger partial charge in [0, 0.05) is 32.4 Å². The van der Waals surface area contributed by atoms with Crippen LogP contribution in [0.25, 0.3) is 0 Å². The minimum atomic E-state index is -4.50. The van der Waals surface area contributed by atoms with E-state index in [0.717, 1.165) is 37.2 Å². The molecule has 0 N–H and O–H groups in total. The topological polar surface area (TPSA) is 41.5 Å². The fourth-order valence-corrected chi connectivity index (χ4v) is 3.40. The number of rotatable bonds is 5. The summed E-state index contributed by atoms with van der Waals surface area (Å²) in [5, 5.41) is 0. The Hall–Kier alpha value is -2.42. The SMILES string of the molecule is COc1ccc(CN2CCCC(N(C)c3nccc(C(F)(F)F)n3)C2)cc1F. The Morgan fingerprint density at radius 3 is 2.75 bits per heavy atom. The van der Waals surface area contributed by atoms with Gasteiger partial charge in [-0.1, -0.05) is 6.07 Å². The van der Waals surface area contributed by atoms with Crippen LogP contribution in [0.5, 0.6) is 5.75 Å². The van der Waals surface area contributed by atoms with Gasteiger partial charge in [0.05, 0.1) is 7.11 Å². The number of benzene rings is 1. The van der Waals surface area contributed by atoms with E-state index in [1.165, 1.54) is 13.2 Å². The molecule has 1 aliphatic heterocycles. The summed E-state index contributed by atoms with van der Waals surface area (Å²) in [4.78, 5) is 11.5. The fraction of sp³-hybridized carbons (Fsp3) is 0.474. The first-order valence-corrected chi connectivity index (χ1v) is 8.96. The molecule has 0 saturated carbocycles. The lowest BCUT2D eigenvalue weighted by Gasteiger charge is -2.37. The molecule has 1 atom stereocenters. The smallest absolute Gasteiger partial charge is 0.433 e. The Morgan fingerprint density at radius 1 is 1.29 bits per heavy atom. The fourth-order valence-electron chi connectivity index (χ4n) is 3.40. The third-order valence-corrected chi connectivity index (χ3v) is 4.90. The normalized spacial score (nSPS) is 18.1. The van der Waals surface area contributed by atoms with Crippen LogP contribution in [0.15, 0.2) is 30.5 Å². The second-order valence-electron chi connectivity index (χ2n) is 6.85. The molecule has 0 bridgehead atoms. The average molecular weight is 398 g/mol. The van der Waals surface area contributed by atoms with Gasteiger partial charge in [0.1, 0.15) is 5.69 Å². The molecule has 0 aliphatic carbocycles. The summed E-state index contributed by atoms with van der Waals surface area (Å²) in [6.07, 6.45) is -1.67. The van der Waals surface area contributed by atoms with Crippen LogP contribution < -0.4 is 9.64 Å². The zero-order valence-corrected chi connectivity index (χ0v) is 15.7. The van der Waals surface area contributed by atoms with Crippen LogP contribution in [0.3, 0.4) is 0 Å². The Morgan fingerprint density at radius 2 is 2.07 bits per heavy atom. The van der Waals surface area contributed by atoms with Crippen molar-refractivity contribution in [3.8, 4) is 5.75 Å². The Kier molecular flexibility index (Phi) is 6.02. The van der Waals surface area contributed by atoms with Crippen molar-refractivity contribution in [2.45, 2.75) is 31.6 Å². The molecule has 1 aromatic carbocycles. The standard InChI is InChI=1S/C19H22F4N4O/c1-26(18-24-8-7-17(25-18)19(21,22)23)14-4-3-9-27(12-14)11-13-5-6-16(28-2)15(20)10-13/h5-8,10,14H,3-4,9,11-12H2,1-2H3. The molecular formula is C19H22F4N4O. The van der Waals surface area contributed by atoms with E-state index in [0.29, 0.717) is 13.1 Å². The lowest BCUT2D eigenvalue weighted by Crippen LogP contribution is -2.46. The number of likely N-dealkylation sites (tertiary alicyclic amines) is 1. The highest BCUT2D eigenvalue weighted by atomic mass is 19.4. The Labute approximate surface area is 161 Å². The second-order valence-corrected chi connectivity index (χ2v) is 6.85. The molecule has 28 heavy (non-hydrogen) atoms. The number of halogens is 4. The number of hydrogen-bond acceptors (Lipinski definition) is 5. The maximum atomic E-state index is 13.9. The van der Waals surface area contributed by atoms with E-state index in [9.17, 15) is 17.6 Å². The van der Waals surface area contributed by atoms with E-state index in [1.807, 2.05) is 6.07 Å². The molecule has 1 saturated heterocycles. The number of hydrogen-bond donors (Lipinski definition) is 0.